The maximum Gasteiger partial charge on any atom is 0.408 e. The summed E-state index contributed by atoms with van der Waals surface area (Å²) in [5.74, 6) is -0.629. The number of aryl methyl sites for hydroxylation is 2. The van der Waals surface area contributed by atoms with Gasteiger partial charge in [-0.2, -0.15) is 5.10 Å². The summed E-state index contributed by atoms with van der Waals surface area (Å²) in [6, 6.07) is 10.3. The highest BCUT2D eigenvalue weighted by Gasteiger charge is 2.23. The van der Waals surface area contributed by atoms with E-state index in [9.17, 15) is 14.4 Å². The molecule has 0 saturated carbocycles. The minimum atomic E-state index is -0.800. The van der Waals surface area contributed by atoms with Crippen molar-refractivity contribution in [2.24, 2.45) is 5.92 Å². The molecule has 8 nitrogen and oxygen atoms in total. The molecule has 2 aromatic rings. The van der Waals surface area contributed by atoms with Crippen LogP contribution in [0.15, 0.2) is 36.4 Å². The van der Waals surface area contributed by atoms with E-state index in [0.29, 0.717) is 12.1 Å². The minimum absolute atomic E-state index is 0.110. The average molecular weight is 400 g/mol. The predicted molar refractivity (Wildman–Crippen MR) is 108 cm³/mol. The van der Waals surface area contributed by atoms with Crippen molar-refractivity contribution in [2.75, 3.05) is 6.54 Å². The van der Waals surface area contributed by atoms with Gasteiger partial charge in [0.25, 0.3) is 5.91 Å². The van der Waals surface area contributed by atoms with Gasteiger partial charge >= 0.3 is 6.09 Å². The Balaban J connectivity index is 1.90. The SMILES string of the molecule is Cc1cc(C)n(C(=O)CNC(=O)C(CC(C)C)NC(=O)OCc2ccccc2)n1. The third-order valence-corrected chi connectivity index (χ3v) is 4.19. The van der Waals surface area contributed by atoms with Gasteiger partial charge in [0, 0.05) is 5.69 Å². The molecule has 0 bridgehead atoms. The van der Waals surface area contributed by atoms with Crippen LogP contribution in [0.25, 0.3) is 0 Å². The summed E-state index contributed by atoms with van der Waals surface area (Å²) in [5, 5.41) is 9.28. The number of rotatable bonds is 8. The molecule has 2 amide bonds. The highest BCUT2D eigenvalue weighted by molar-refractivity contribution is 5.90. The number of hydrogen-bond donors (Lipinski definition) is 2. The largest absolute Gasteiger partial charge is 0.445 e. The summed E-state index contributed by atoms with van der Waals surface area (Å²) >= 11 is 0. The van der Waals surface area contributed by atoms with Crippen LogP contribution in [0, 0.1) is 19.8 Å². The first-order chi connectivity index (χ1) is 13.8. The second-order valence-corrected chi connectivity index (χ2v) is 7.34. The summed E-state index contributed by atoms with van der Waals surface area (Å²) in [7, 11) is 0. The molecule has 0 fully saturated rings. The van der Waals surface area contributed by atoms with E-state index >= 15 is 0 Å². The fourth-order valence-electron chi connectivity index (χ4n) is 2.85. The Hall–Kier alpha value is -3.16. The lowest BCUT2D eigenvalue weighted by atomic mass is 10.0. The fourth-order valence-corrected chi connectivity index (χ4v) is 2.85. The van der Waals surface area contributed by atoms with E-state index in [2.05, 4.69) is 15.7 Å². The number of ether oxygens (including phenoxy) is 1. The zero-order valence-corrected chi connectivity index (χ0v) is 17.3. The molecule has 2 rings (SSSR count). The van der Waals surface area contributed by atoms with Gasteiger partial charge in [0.15, 0.2) is 0 Å². The van der Waals surface area contributed by atoms with Crippen LogP contribution < -0.4 is 10.6 Å². The summed E-state index contributed by atoms with van der Waals surface area (Å²) in [4.78, 5) is 37.0. The monoisotopic (exact) mass is 400 g/mol. The van der Waals surface area contributed by atoms with Crippen LogP contribution in [0.5, 0.6) is 0 Å². The first kappa shape index (κ1) is 22.1. The van der Waals surface area contributed by atoms with Crippen LogP contribution in [0.1, 0.15) is 42.0 Å². The minimum Gasteiger partial charge on any atom is -0.445 e. The molecule has 8 heteroatoms. The third-order valence-electron chi connectivity index (χ3n) is 4.19. The van der Waals surface area contributed by atoms with Gasteiger partial charge in [-0.05, 0) is 37.8 Å². The van der Waals surface area contributed by atoms with Crippen molar-refractivity contribution in [1.29, 1.82) is 0 Å². The third kappa shape index (κ3) is 7.06. The van der Waals surface area contributed by atoms with Gasteiger partial charge in [-0.1, -0.05) is 44.2 Å². The van der Waals surface area contributed by atoms with Crippen molar-refractivity contribution < 1.29 is 19.1 Å². The number of nitrogens with one attached hydrogen (secondary N) is 2. The van der Waals surface area contributed by atoms with Gasteiger partial charge in [-0.3, -0.25) is 9.59 Å². The van der Waals surface area contributed by atoms with Gasteiger partial charge in [-0.15, -0.1) is 0 Å². The van der Waals surface area contributed by atoms with Gasteiger partial charge in [0.05, 0.1) is 12.2 Å². The van der Waals surface area contributed by atoms with E-state index in [-0.39, 0.29) is 25.0 Å². The first-order valence-corrected chi connectivity index (χ1v) is 9.57. The molecule has 0 aliphatic carbocycles. The Morgan fingerprint density at radius 2 is 1.83 bits per heavy atom. The molecule has 156 valence electrons. The van der Waals surface area contributed by atoms with Crippen LogP contribution in [-0.4, -0.2) is 40.3 Å². The Bertz CT molecular complexity index is 846. The van der Waals surface area contributed by atoms with Crippen molar-refractivity contribution in [3.8, 4) is 0 Å². The number of nitrogens with zero attached hydrogens (tertiary/aromatic N) is 2. The number of carbonyl (C=O) groups excluding carboxylic acids is 3. The number of amides is 2. The standard InChI is InChI=1S/C21H28N4O4/c1-14(2)10-18(23-21(28)29-13-17-8-6-5-7-9-17)20(27)22-12-19(26)25-16(4)11-15(3)24-25/h5-9,11,14,18H,10,12-13H2,1-4H3,(H,22,27)(H,23,28). The number of benzene rings is 1. The van der Waals surface area contributed by atoms with E-state index in [1.807, 2.05) is 44.2 Å². The highest BCUT2D eigenvalue weighted by Crippen LogP contribution is 2.07. The van der Waals surface area contributed by atoms with Gasteiger partial charge in [0.1, 0.15) is 12.6 Å². The van der Waals surface area contributed by atoms with Gasteiger partial charge in [-0.25, -0.2) is 9.48 Å². The number of hydrogen-bond acceptors (Lipinski definition) is 5. The molecule has 0 saturated heterocycles. The smallest absolute Gasteiger partial charge is 0.408 e. The Labute approximate surface area is 170 Å². The maximum atomic E-state index is 12.6. The summed E-state index contributed by atoms with van der Waals surface area (Å²) in [5.41, 5.74) is 2.27. The van der Waals surface area contributed by atoms with Crippen LogP contribution in [0.4, 0.5) is 4.79 Å². The zero-order chi connectivity index (χ0) is 21.4. The van der Waals surface area contributed by atoms with E-state index in [1.165, 1.54) is 4.68 Å². The molecule has 1 heterocycles. The van der Waals surface area contributed by atoms with E-state index in [4.69, 9.17) is 4.74 Å². The highest BCUT2D eigenvalue weighted by atomic mass is 16.5. The molecule has 1 aromatic heterocycles. The maximum absolute atomic E-state index is 12.6. The second-order valence-electron chi connectivity index (χ2n) is 7.34. The van der Waals surface area contributed by atoms with Crippen LogP contribution in [0.3, 0.4) is 0 Å². The lowest BCUT2D eigenvalue weighted by molar-refractivity contribution is -0.123. The fraction of sp³-hybridized carbons (Fsp3) is 0.429. The Kier molecular flexibility index (Phi) is 7.94. The van der Waals surface area contributed by atoms with Crippen molar-refractivity contribution in [3.05, 3.63) is 53.3 Å². The van der Waals surface area contributed by atoms with E-state index in [1.54, 1.807) is 19.9 Å². The molecule has 2 N–H and O–H groups in total. The van der Waals surface area contributed by atoms with E-state index < -0.39 is 18.0 Å². The van der Waals surface area contributed by atoms with Crippen molar-refractivity contribution in [3.63, 3.8) is 0 Å². The Morgan fingerprint density at radius 1 is 1.14 bits per heavy atom. The van der Waals surface area contributed by atoms with Crippen molar-refractivity contribution in [1.82, 2.24) is 20.4 Å². The topological polar surface area (TPSA) is 102 Å². The van der Waals surface area contributed by atoms with Crippen LogP contribution in [-0.2, 0) is 16.1 Å². The summed E-state index contributed by atoms with van der Waals surface area (Å²) in [6.45, 7) is 7.34. The molecule has 0 aliphatic heterocycles. The second kappa shape index (κ2) is 10.4. The lowest BCUT2D eigenvalue weighted by Gasteiger charge is -2.20. The molecule has 0 radical (unpaired) electrons. The van der Waals surface area contributed by atoms with Gasteiger partial charge < -0.3 is 15.4 Å². The van der Waals surface area contributed by atoms with Crippen LogP contribution in [0.2, 0.25) is 0 Å². The summed E-state index contributed by atoms with van der Waals surface area (Å²) < 4.78 is 6.45. The first-order valence-electron chi connectivity index (χ1n) is 9.57. The molecule has 1 atom stereocenters. The van der Waals surface area contributed by atoms with Crippen LogP contribution >= 0.6 is 0 Å². The molecular weight excluding hydrogens is 372 g/mol. The summed E-state index contributed by atoms with van der Waals surface area (Å²) in [6.07, 6.45) is -0.264. The molecule has 0 spiro atoms. The molecule has 0 aliphatic rings. The normalized spacial score (nSPS) is 11.8. The van der Waals surface area contributed by atoms with Crippen molar-refractivity contribution >= 4 is 17.9 Å². The van der Waals surface area contributed by atoms with E-state index in [0.717, 1.165) is 11.3 Å². The lowest BCUT2D eigenvalue weighted by Crippen LogP contribution is -2.49. The molecule has 29 heavy (non-hydrogen) atoms. The van der Waals surface area contributed by atoms with Crippen molar-refractivity contribution in [2.45, 2.75) is 46.8 Å². The Morgan fingerprint density at radius 3 is 2.41 bits per heavy atom. The number of carbonyl (C=O) groups is 3. The predicted octanol–water partition coefficient (Wildman–Crippen LogP) is 2.60. The molecule has 1 aromatic carbocycles. The molecular formula is C21H28N4O4. The van der Waals surface area contributed by atoms with Gasteiger partial charge in [0.2, 0.25) is 5.91 Å². The quantitative estimate of drug-likeness (QED) is 0.709. The molecule has 1 unspecified atom stereocenters. The number of alkyl carbamates (subject to hydrolysis) is 1. The zero-order valence-electron chi connectivity index (χ0n) is 17.3. The average Bonchev–Trinajstić information content (AvgIpc) is 3.02. The number of aromatic nitrogens is 2.